The zero-order chi connectivity index (χ0) is 12.2. The molecule has 1 aromatic carbocycles. The van der Waals surface area contributed by atoms with Gasteiger partial charge < -0.3 is 14.7 Å². The summed E-state index contributed by atoms with van der Waals surface area (Å²) in [5.74, 6) is 0.514. The summed E-state index contributed by atoms with van der Waals surface area (Å²) in [6.07, 6.45) is 4.76. The monoisotopic (exact) mass is 241 g/mol. The van der Waals surface area contributed by atoms with Gasteiger partial charge >= 0.3 is 0 Å². The quantitative estimate of drug-likeness (QED) is 0.731. The van der Waals surface area contributed by atoms with E-state index < -0.39 is 0 Å². The molecular formula is C12H11N5O. The number of H-pyrrole nitrogens is 1. The van der Waals surface area contributed by atoms with Crippen LogP contribution < -0.4 is 5.32 Å². The summed E-state index contributed by atoms with van der Waals surface area (Å²) in [5.41, 5.74) is 2.90. The molecule has 3 rings (SSSR count). The van der Waals surface area contributed by atoms with Crippen molar-refractivity contribution in [2.45, 2.75) is 6.54 Å². The predicted molar refractivity (Wildman–Crippen MR) is 65.6 cm³/mol. The lowest BCUT2D eigenvalue weighted by molar-refractivity contribution is 0.568. The zero-order valence-corrected chi connectivity index (χ0v) is 9.50. The molecule has 0 atom stereocenters. The van der Waals surface area contributed by atoms with Crippen molar-refractivity contribution in [3.8, 4) is 11.5 Å². The standard InChI is InChI=1S/C12H11N5O/c1-2-9(12-17-16-8-18-12)4-10(3-1)14-6-11-5-13-7-15-11/h1-5,7-8,14H,6H2,(H,13,15). The van der Waals surface area contributed by atoms with Crippen LogP contribution in [0.1, 0.15) is 5.69 Å². The van der Waals surface area contributed by atoms with E-state index in [1.54, 1.807) is 12.5 Å². The summed E-state index contributed by atoms with van der Waals surface area (Å²) in [6.45, 7) is 0.688. The molecule has 18 heavy (non-hydrogen) atoms. The molecule has 0 saturated carbocycles. The summed E-state index contributed by atoms with van der Waals surface area (Å²) in [7, 11) is 0. The van der Waals surface area contributed by atoms with Crippen LogP contribution in [0.15, 0.2) is 47.6 Å². The highest BCUT2D eigenvalue weighted by atomic mass is 16.4. The van der Waals surface area contributed by atoms with Crippen LogP contribution in [0.25, 0.3) is 11.5 Å². The Bertz CT molecular complexity index is 603. The van der Waals surface area contributed by atoms with Crippen LogP contribution in [0.5, 0.6) is 0 Å². The highest BCUT2D eigenvalue weighted by Gasteiger charge is 2.04. The van der Waals surface area contributed by atoms with Crippen LogP contribution in [-0.4, -0.2) is 20.2 Å². The van der Waals surface area contributed by atoms with E-state index in [2.05, 4.69) is 25.5 Å². The van der Waals surface area contributed by atoms with Crippen molar-refractivity contribution in [2.24, 2.45) is 0 Å². The molecule has 0 amide bonds. The number of hydrogen-bond acceptors (Lipinski definition) is 5. The maximum Gasteiger partial charge on any atom is 0.247 e. The Balaban J connectivity index is 1.75. The van der Waals surface area contributed by atoms with Crippen molar-refractivity contribution < 1.29 is 4.42 Å². The molecule has 90 valence electrons. The maximum atomic E-state index is 5.16. The summed E-state index contributed by atoms with van der Waals surface area (Å²) >= 11 is 0. The predicted octanol–water partition coefficient (Wildman–Crippen LogP) is 2.07. The van der Waals surface area contributed by atoms with E-state index in [-0.39, 0.29) is 0 Å². The molecule has 0 aliphatic rings. The van der Waals surface area contributed by atoms with Gasteiger partial charge in [-0.25, -0.2) is 4.98 Å². The Labute approximate surface area is 103 Å². The molecule has 6 nitrogen and oxygen atoms in total. The number of hydrogen-bond donors (Lipinski definition) is 2. The van der Waals surface area contributed by atoms with Crippen LogP contribution in [0.3, 0.4) is 0 Å². The number of aromatic nitrogens is 4. The van der Waals surface area contributed by atoms with Gasteiger partial charge in [0.15, 0.2) is 0 Å². The lowest BCUT2D eigenvalue weighted by Gasteiger charge is -2.05. The Hall–Kier alpha value is -2.63. The van der Waals surface area contributed by atoms with E-state index in [1.165, 1.54) is 6.39 Å². The van der Waals surface area contributed by atoms with Gasteiger partial charge in [-0.05, 0) is 18.2 Å². The summed E-state index contributed by atoms with van der Waals surface area (Å²) in [4.78, 5) is 7.00. The minimum atomic E-state index is 0.514. The largest absolute Gasteiger partial charge is 0.423 e. The van der Waals surface area contributed by atoms with Crippen LogP contribution >= 0.6 is 0 Å². The number of imidazole rings is 1. The highest BCUT2D eigenvalue weighted by Crippen LogP contribution is 2.20. The van der Waals surface area contributed by atoms with E-state index in [4.69, 9.17) is 4.42 Å². The van der Waals surface area contributed by atoms with Gasteiger partial charge in [0.1, 0.15) is 0 Å². The average Bonchev–Trinajstić information content (AvgIpc) is 3.10. The van der Waals surface area contributed by atoms with Crippen LogP contribution in [-0.2, 0) is 6.54 Å². The molecule has 0 radical (unpaired) electrons. The number of aromatic amines is 1. The molecule has 0 aliphatic heterocycles. The number of rotatable bonds is 4. The fourth-order valence-corrected chi connectivity index (χ4v) is 1.64. The lowest BCUT2D eigenvalue weighted by Crippen LogP contribution is -1.99. The molecule has 0 unspecified atom stereocenters. The number of benzene rings is 1. The van der Waals surface area contributed by atoms with Gasteiger partial charge in [0.25, 0.3) is 0 Å². The molecule has 0 saturated heterocycles. The fourth-order valence-electron chi connectivity index (χ4n) is 1.64. The first-order valence-electron chi connectivity index (χ1n) is 5.49. The number of nitrogens with zero attached hydrogens (tertiary/aromatic N) is 3. The SMILES string of the molecule is c1cc(NCc2cnc[nH]2)cc(-c2nnco2)c1. The van der Waals surface area contributed by atoms with Crippen LogP contribution in [0, 0.1) is 0 Å². The minimum Gasteiger partial charge on any atom is -0.423 e. The first kappa shape index (κ1) is 10.5. The van der Waals surface area contributed by atoms with Crippen molar-refractivity contribution in [1.82, 2.24) is 20.2 Å². The molecule has 2 N–H and O–H groups in total. The number of anilines is 1. The van der Waals surface area contributed by atoms with Gasteiger partial charge in [0.05, 0.1) is 18.6 Å². The fraction of sp³-hybridized carbons (Fsp3) is 0.0833. The van der Waals surface area contributed by atoms with Crippen molar-refractivity contribution in [3.63, 3.8) is 0 Å². The third-order valence-electron chi connectivity index (χ3n) is 2.51. The molecule has 2 aromatic heterocycles. The first-order chi connectivity index (χ1) is 8.92. The third kappa shape index (κ3) is 2.22. The van der Waals surface area contributed by atoms with E-state index in [1.807, 2.05) is 24.3 Å². The molecule has 0 fully saturated rings. The first-order valence-corrected chi connectivity index (χ1v) is 5.49. The van der Waals surface area contributed by atoms with Crippen molar-refractivity contribution in [1.29, 1.82) is 0 Å². The van der Waals surface area contributed by atoms with Crippen LogP contribution in [0.4, 0.5) is 5.69 Å². The van der Waals surface area contributed by atoms with Crippen molar-refractivity contribution >= 4 is 5.69 Å². The third-order valence-corrected chi connectivity index (χ3v) is 2.51. The van der Waals surface area contributed by atoms with Crippen molar-refractivity contribution in [2.75, 3.05) is 5.32 Å². The Morgan fingerprint density at radius 3 is 3.11 bits per heavy atom. The summed E-state index contributed by atoms with van der Waals surface area (Å²) in [6, 6.07) is 7.81. The molecule has 2 heterocycles. The average molecular weight is 241 g/mol. The normalized spacial score (nSPS) is 10.4. The Morgan fingerprint density at radius 2 is 2.33 bits per heavy atom. The highest BCUT2D eigenvalue weighted by molar-refractivity contribution is 5.60. The number of nitrogens with one attached hydrogen (secondary N) is 2. The molecule has 0 spiro atoms. The lowest BCUT2D eigenvalue weighted by atomic mass is 10.2. The summed E-state index contributed by atoms with van der Waals surface area (Å²) in [5, 5.41) is 10.8. The molecule has 6 heteroatoms. The molecule has 0 aliphatic carbocycles. The zero-order valence-electron chi connectivity index (χ0n) is 9.50. The van der Waals surface area contributed by atoms with E-state index in [0.717, 1.165) is 16.9 Å². The molecule has 0 bridgehead atoms. The van der Waals surface area contributed by atoms with Gasteiger partial charge in [-0.15, -0.1) is 10.2 Å². The molecular weight excluding hydrogens is 230 g/mol. The maximum absolute atomic E-state index is 5.16. The van der Waals surface area contributed by atoms with Crippen molar-refractivity contribution in [3.05, 3.63) is 48.9 Å². The molecule has 3 aromatic rings. The smallest absolute Gasteiger partial charge is 0.247 e. The van der Waals surface area contributed by atoms with E-state index in [9.17, 15) is 0 Å². The Morgan fingerprint density at radius 1 is 1.33 bits per heavy atom. The second kappa shape index (κ2) is 4.70. The van der Waals surface area contributed by atoms with Crippen LogP contribution in [0.2, 0.25) is 0 Å². The second-order valence-electron chi connectivity index (χ2n) is 3.76. The van der Waals surface area contributed by atoms with Gasteiger partial charge in [0.2, 0.25) is 12.3 Å². The topological polar surface area (TPSA) is 79.6 Å². The second-order valence-corrected chi connectivity index (χ2v) is 3.76. The van der Waals surface area contributed by atoms with Gasteiger partial charge in [-0.3, -0.25) is 0 Å². The Kier molecular flexibility index (Phi) is 2.75. The van der Waals surface area contributed by atoms with E-state index in [0.29, 0.717) is 12.4 Å². The van der Waals surface area contributed by atoms with Gasteiger partial charge in [-0.1, -0.05) is 6.07 Å². The van der Waals surface area contributed by atoms with Gasteiger partial charge in [0, 0.05) is 17.4 Å². The van der Waals surface area contributed by atoms with Gasteiger partial charge in [-0.2, -0.15) is 0 Å². The minimum absolute atomic E-state index is 0.514. The summed E-state index contributed by atoms with van der Waals surface area (Å²) < 4.78 is 5.16. The van der Waals surface area contributed by atoms with E-state index >= 15 is 0 Å².